The molecule has 4 heteroatoms. The number of rotatable bonds is 6. The molecule has 0 spiro atoms. The zero-order chi connectivity index (χ0) is 12.0. The normalized spacial score (nSPS) is 24.2. The molecule has 1 fully saturated rings. The van der Waals surface area contributed by atoms with Crippen LogP contribution in [-0.4, -0.2) is 25.2 Å². The van der Waals surface area contributed by atoms with Gasteiger partial charge in [0, 0.05) is 6.42 Å². The lowest BCUT2D eigenvalue weighted by atomic mass is 9.81. The van der Waals surface area contributed by atoms with Crippen molar-refractivity contribution in [1.29, 1.82) is 0 Å². The van der Waals surface area contributed by atoms with Gasteiger partial charge in [-0.05, 0) is 13.3 Å². The molecule has 0 aromatic heterocycles. The highest BCUT2D eigenvalue weighted by Crippen LogP contribution is 2.37. The summed E-state index contributed by atoms with van der Waals surface area (Å²) in [7, 11) is 0. The minimum atomic E-state index is -1.01. The van der Waals surface area contributed by atoms with Gasteiger partial charge in [0.2, 0.25) is 0 Å². The Hall–Kier alpha value is -1.06. The topological polar surface area (TPSA) is 52.6 Å². The molecule has 0 bridgehead atoms. The first kappa shape index (κ1) is 13.0. The summed E-state index contributed by atoms with van der Waals surface area (Å²) in [6.07, 6.45) is 3.97. The van der Waals surface area contributed by atoms with E-state index in [0.29, 0.717) is 26.1 Å². The summed E-state index contributed by atoms with van der Waals surface area (Å²) in [6, 6.07) is 0. The van der Waals surface area contributed by atoms with Crippen LogP contribution in [0.2, 0.25) is 0 Å². The average Bonchev–Trinajstić information content (AvgIpc) is 2.62. The van der Waals surface area contributed by atoms with Crippen LogP contribution in [-0.2, 0) is 19.1 Å². The molecule has 1 aliphatic heterocycles. The van der Waals surface area contributed by atoms with Crippen LogP contribution in [0.4, 0.5) is 0 Å². The van der Waals surface area contributed by atoms with E-state index in [-0.39, 0.29) is 0 Å². The number of cyclic esters (lactones) is 1. The molecule has 0 aliphatic carbocycles. The molecule has 0 saturated carbocycles. The Labute approximate surface area is 96.3 Å². The monoisotopic (exact) mass is 228 g/mol. The maximum absolute atomic E-state index is 11.8. The zero-order valence-electron chi connectivity index (χ0n) is 10.1. The molecular weight excluding hydrogens is 208 g/mol. The number of carbonyl (C=O) groups is 2. The van der Waals surface area contributed by atoms with Gasteiger partial charge in [-0.15, -0.1) is 0 Å². The highest BCUT2D eigenvalue weighted by molar-refractivity contribution is 6.01. The van der Waals surface area contributed by atoms with Gasteiger partial charge in [0.15, 0.2) is 5.41 Å². The number of ether oxygens (including phenoxy) is 2. The first-order valence-electron chi connectivity index (χ1n) is 6.02. The van der Waals surface area contributed by atoms with Crippen molar-refractivity contribution >= 4 is 11.9 Å². The summed E-state index contributed by atoms with van der Waals surface area (Å²) < 4.78 is 9.92. The van der Waals surface area contributed by atoms with E-state index in [1.165, 1.54) is 0 Å². The molecule has 1 rings (SSSR count). The van der Waals surface area contributed by atoms with Crippen molar-refractivity contribution in [3.05, 3.63) is 0 Å². The van der Waals surface area contributed by atoms with Crippen molar-refractivity contribution in [2.45, 2.75) is 46.0 Å². The first-order valence-corrected chi connectivity index (χ1v) is 6.02. The molecular formula is C12H20O4. The van der Waals surface area contributed by atoms with Crippen molar-refractivity contribution in [3.8, 4) is 0 Å². The third-order valence-electron chi connectivity index (χ3n) is 3.03. The smallest absolute Gasteiger partial charge is 0.323 e. The number of hydrogen-bond acceptors (Lipinski definition) is 4. The Bertz CT molecular complexity index is 262. The summed E-state index contributed by atoms with van der Waals surface area (Å²) in [5, 5.41) is 0. The van der Waals surface area contributed by atoms with Crippen molar-refractivity contribution in [2.75, 3.05) is 13.2 Å². The van der Waals surface area contributed by atoms with Gasteiger partial charge >= 0.3 is 11.9 Å². The fourth-order valence-corrected chi connectivity index (χ4v) is 2.02. The second-order valence-corrected chi connectivity index (χ2v) is 4.15. The van der Waals surface area contributed by atoms with Crippen molar-refractivity contribution < 1.29 is 19.1 Å². The van der Waals surface area contributed by atoms with Crippen molar-refractivity contribution in [2.24, 2.45) is 5.41 Å². The van der Waals surface area contributed by atoms with Crippen LogP contribution >= 0.6 is 0 Å². The van der Waals surface area contributed by atoms with E-state index in [1.54, 1.807) is 6.92 Å². The molecule has 1 heterocycles. The van der Waals surface area contributed by atoms with Gasteiger partial charge < -0.3 is 9.47 Å². The molecule has 0 N–H and O–H groups in total. The van der Waals surface area contributed by atoms with E-state index >= 15 is 0 Å². The highest BCUT2D eigenvalue weighted by atomic mass is 16.6. The average molecular weight is 228 g/mol. The Morgan fingerprint density at radius 1 is 1.44 bits per heavy atom. The van der Waals surface area contributed by atoms with Gasteiger partial charge in [-0.3, -0.25) is 9.59 Å². The van der Waals surface area contributed by atoms with Gasteiger partial charge in [-0.25, -0.2) is 0 Å². The molecule has 0 amide bonds. The van der Waals surface area contributed by atoms with Gasteiger partial charge in [-0.2, -0.15) is 0 Å². The molecule has 92 valence electrons. The lowest BCUT2D eigenvalue weighted by molar-refractivity contribution is -0.165. The Balaban J connectivity index is 2.68. The molecule has 1 aliphatic rings. The molecule has 4 nitrogen and oxygen atoms in total. The second-order valence-electron chi connectivity index (χ2n) is 4.15. The quantitative estimate of drug-likeness (QED) is 0.396. The second kappa shape index (κ2) is 5.87. The number of unbranched alkanes of at least 4 members (excludes halogenated alkanes) is 2. The van der Waals surface area contributed by atoms with Gasteiger partial charge in [0.05, 0.1) is 13.2 Å². The van der Waals surface area contributed by atoms with Crippen LogP contribution in [0.1, 0.15) is 46.0 Å². The lowest BCUT2D eigenvalue weighted by Gasteiger charge is -2.21. The molecule has 0 aromatic carbocycles. The lowest BCUT2D eigenvalue weighted by Crippen LogP contribution is -2.37. The van der Waals surface area contributed by atoms with E-state index in [4.69, 9.17) is 9.47 Å². The van der Waals surface area contributed by atoms with Crippen LogP contribution in [0.15, 0.2) is 0 Å². The van der Waals surface area contributed by atoms with E-state index in [2.05, 4.69) is 6.92 Å². The number of esters is 2. The van der Waals surface area contributed by atoms with E-state index in [9.17, 15) is 9.59 Å². The summed E-state index contributed by atoms with van der Waals surface area (Å²) in [5.74, 6) is -0.810. The minimum Gasteiger partial charge on any atom is -0.465 e. The van der Waals surface area contributed by atoms with E-state index in [0.717, 1.165) is 19.3 Å². The molecule has 1 atom stereocenters. The zero-order valence-corrected chi connectivity index (χ0v) is 10.1. The Kier molecular flexibility index (Phi) is 4.77. The van der Waals surface area contributed by atoms with E-state index in [1.807, 2.05) is 0 Å². The SMILES string of the molecule is CCCCCC1(C(=O)OCC)CCOC1=O. The predicted octanol–water partition coefficient (Wildman–Crippen LogP) is 2.06. The van der Waals surface area contributed by atoms with Gasteiger partial charge in [0.1, 0.15) is 0 Å². The number of carbonyl (C=O) groups excluding carboxylic acids is 2. The third kappa shape index (κ3) is 2.54. The first-order chi connectivity index (χ1) is 7.67. The van der Waals surface area contributed by atoms with Crippen LogP contribution in [0.5, 0.6) is 0 Å². The highest BCUT2D eigenvalue weighted by Gasteiger charge is 2.51. The van der Waals surface area contributed by atoms with E-state index < -0.39 is 17.4 Å². The standard InChI is InChI=1S/C12H20O4/c1-3-5-6-7-12(10(13)15-4-2)8-9-16-11(12)14/h3-9H2,1-2H3. The summed E-state index contributed by atoms with van der Waals surface area (Å²) in [5.41, 5.74) is -1.01. The summed E-state index contributed by atoms with van der Waals surface area (Å²) >= 11 is 0. The van der Waals surface area contributed by atoms with Crippen LogP contribution < -0.4 is 0 Å². The molecule has 16 heavy (non-hydrogen) atoms. The Morgan fingerprint density at radius 3 is 2.69 bits per heavy atom. The maximum atomic E-state index is 11.8. The predicted molar refractivity (Wildman–Crippen MR) is 58.8 cm³/mol. The fourth-order valence-electron chi connectivity index (χ4n) is 2.02. The van der Waals surface area contributed by atoms with Crippen LogP contribution in [0.3, 0.4) is 0 Å². The van der Waals surface area contributed by atoms with Gasteiger partial charge in [0.25, 0.3) is 0 Å². The third-order valence-corrected chi connectivity index (χ3v) is 3.03. The molecule has 0 radical (unpaired) electrons. The summed E-state index contributed by atoms with van der Waals surface area (Å²) in [6.45, 7) is 4.48. The largest absolute Gasteiger partial charge is 0.465 e. The van der Waals surface area contributed by atoms with Crippen molar-refractivity contribution in [3.63, 3.8) is 0 Å². The maximum Gasteiger partial charge on any atom is 0.323 e. The van der Waals surface area contributed by atoms with Crippen molar-refractivity contribution in [1.82, 2.24) is 0 Å². The fraction of sp³-hybridized carbons (Fsp3) is 0.833. The molecule has 1 unspecified atom stereocenters. The van der Waals surface area contributed by atoms with Crippen LogP contribution in [0.25, 0.3) is 0 Å². The van der Waals surface area contributed by atoms with Gasteiger partial charge in [-0.1, -0.05) is 26.2 Å². The Morgan fingerprint density at radius 2 is 2.19 bits per heavy atom. The molecule has 1 saturated heterocycles. The minimum absolute atomic E-state index is 0.307. The number of hydrogen-bond donors (Lipinski definition) is 0. The summed E-state index contributed by atoms with van der Waals surface area (Å²) in [4.78, 5) is 23.5. The molecule has 0 aromatic rings. The van der Waals surface area contributed by atoms with Crippen LogP contribution in [0, 0.1) is 5.41 Å².